The van der Waals surface area contributed by atoms with E-state index in [0.29, 0.717) is 6.04 Å². The molecule has 0 radical (unpaired) electrons. The van der Waals surface area contributed by atoms with Crippen LogP contribution in [0.15, 0.2) is 35.4 Å². The average Bonchev–Trinajstić information content (AvgIpc) is 2.55. The smallest absolute Gasteiger partial charge is 0.300 e. The van der Waals surface area contributed by atoms with Gasteiger partial charge in [0.15, 0.2) is 0 Å². The van der Waals surface area contributed by atoms with Crippen molar-refractivity contribution in [3.05, 3.63) is 41.0 Å². The van der Waals surface area contributed by atoms with Gasteiger partial charge < -0.3 is 15.2 Å². The zero-order valence-electron chi connectivity index (χ0n) is 14.1. The van der Waals surface area contributed by atoms with Gasteiger partial charge in [0.25, 0.3) is 5.97 Å². The van der Waals surface area contributed by atoms with E-state index in [1.54, 1.807) is 18.3 Å². The largest absolute Gasteiger partial charge is 0.497 e. The van der Waals surface area contributed by atoms with Crippen molar-refractivity contribution in [3.63, 3.8) is 0 Å². The van der Waals surface area contributed by atoms with Gasteiger partial charge in [0.2, 0.25) is 0 Å². The number of carboxylic acids is 1. The van der Waals surface area contributed by atoms with Crippen LogP contribution in [0.25, 0.3) is 0 Å². The lowest BCUT2D eigenvalue weighted by atomic mass is 9.81. The molecule has 1 aromatic rings. The molecule has 1 aromatic carbocycles. The normalized spacial score (nSPS) is 20.2. The van der Waals surface area contributed by atoms with Crippen LogP contribution in [0.1, 0.15) is 44.6 Å². The van der Waals surface area contributed by atoms with Gasteiger partial charge in [0.05, 0.1) is 7.11 Å². The average molecular weight is 317 g/mol. The molecular formula is C19H27NO3. The van der Waals surface area contributed by atoms with Gasteiger partial charge in [-0.3, -0.25) is 4.79 Å². The maximum Gasteiger partial charge on any atom is 0.300 e. The first-order valence-electron chi connectivity index (χ1n) is 8.36. The van der Waals surface area contributed by atoms with E-state index < -0.39 is 5.97 Å². The molecule has 3 rings (SSSR count). The van der Waals surface area contributed by atoms with Crippen molar-refractivity contribution < 1.29 is 14.6 Å². The minimum Gasteiger partial charge on any atom is -0.497 e. The zero-order valence-corrected chi connectivity index (χ0v) is 14.1. The first kappa shape index (κ1) is 17.5. The van der Waals surface area contributed by atoms with Gasteiger partial charge in [-0.2, -0.15) is 0 Å². The highest BCUT2D eigenvalue weighted by atomic mass is 16.5. The fraction of sp³-hybridized carbons (Fsp3) is 0.526. The van der Waals surface area contributed by atoms with Crippen LogP contribution in [-0.4, -0.2) is 30.8 Å². The number of hydrogen-bond donors (Lipinski definition) is 2. The van der Waals surface area contributed by atoms with E-state index in [4.69, 9.17) is 14.6 Å². The summed E-state index contributed by atoms with van der Waals surface area (Å²) in [5.74, 6) is 0.109. The third-order valence-electron chi connectivity index (χ3n) is 4.47. The van der Waals surface area contributed by atoms with Crippen molar-refractivity contribution in [2.75, 3.05) is 13.7 Å². The molecule has 0 saturated carbocycles. The molecule has 0 fully saturated rings. The van der Waals surface area contributed by atoms with Gasteiger partial charge in [-0.1, -0.05) is 23.3 Å². The van der Waals surface area contributed by atoms with Crippen molar-refractivity contribution in [3.8, 4) is 5.75 Å². The van der Waals surface area contributed by atoms with Crippen LogP contribution in [0.2, 0.25) is 0 Å². The van der Waals surface area contributed by atoms with Gasteiger partial charge in [-0.25, -0.2) is 0 Å². The molecule has 0 bridgehead atoms. The minimum atomic E-state index is -0.833. The van der Waals surface area contributed by atoms with Crippen LogP contribution >= 0.6 is 0 Å². The number of methoxy groups -OCH3 is 1. The zero-order chi connectivity index (χ0) is 16.7. The van der Waals surface area contributed by atoms with E-state index in [1.807, 2.05) is 0 Å². The molecule has 0 unspecified atom stereocenters. The molecule has 2 N–H and O–H groups in total. The summed E-state index contributed by atoms with van der Waals surface area (Å²) in [6.45, 7) is 2.24. The molecule has 4 heteroatoms. The Bertz CT molecular complexity index is 540. The van der Waals surface area contributed by atoms with E-state index in [-0.39, 0.29) is 0 Å². The molecule has 0 aromatic heterocycles. The van der Waals surface area contributed by atoms with Crippen LogP contribution in [-0.2, 0) is 11.2 Å². The Labute approximate surface area is 138 Å². The number of hydrogen-bond acceptors (Lipinski definition) is 3. The molecule has 1 aliphatic heterocycles. The van der Waals surface area contributed by atoms with Crippen LogP contribution < -0.4 is 10.1 Å². The molecular weight excluding hydrogens is 290 g/mol. The maximum absolute atomic E-state index is 9.00. The molecule has 0 spiro atoms. The highest BCUT2D eigenvalue weighted by Gasteiger charge is 2.24. The molecule has 1 atom stereocenters. The number of carbonyl (C=O) groups is 1. The van der Waals surface area contributed by atoms with Crippen molar-refractivity contribution in [2.24, 2.45) is 0 Å². The molecule has 1 aliphatic carbocycles. The molecule has 23 heavy (non-hydrogen) atoms. The highest BCUT2D eigenvalue weighted by Crippen LogP contribution is 2.32. The predicted molar refractivity (Wildman–Crippen MR) is 91.9 cm³/mol. The summed E-state index contributed by atoms with van der Waals surface area (Å²) in [6.07, 6.45) is 7.81. The first-order chi connectivity index (χ1) is 11.1. The number of ether oxygens (including phenoxy) is 1. The number of aliphatic carboxylic acids is 1. The topological polar surface area (TPSA) is 58.6 Å². The van der Waals surface area contributed by atoms with Gasteiger partial charge in [-0.05, 0) is 62.8 Å². The van der Waals surface area contributed by atoms with E-state index in [9.17, 15) is 0 Å². The van der Waals surface area contributed by atoms with Crippen LogP contribution in [0.3, 0.4) is 0 Å². The second-order valence-electron chi connectivity index (χ2n) is 6.16. The minimum absolute atomic E-state index is 0.567. The maximum atomic E-state index is 9.00. The Morgan fingerprint density at radius 1 is 1.22 bits per heavy atom. The lowest BCUT2D eigenvalue weighted by Crippen LogP contribution is -2.39. The Balaban J connectivity index is 0.000000433. The molecule has 0 saturated heterocycles. The molecule has 1 heterocycles. The Hall–Kier alpha value is -1.81. The van der Waals surface area contributed by atoms with Crippen molar-refractivity contribution in [1.82, 2.24) is 5.32 Å². The highest BCUT2D eigenvalue weighted by molar-refractivity contribution is 5.62. The van der Waals surface area contributed by atoms with Gasteiger partial charge in [-0.15, -0.1) is 0 Å². The monoisotopic (exact) mass is 317 g/mol. The van der Waals surface area contributed by atoms with Crippen molar-refractivity contribution in [2.45, 2.75) is 51.5 Å². The second-order valence-corrected chi connectivity index (χ2v) is 6.16. The van der Waals surface area contributed by atoms with Crippen LogP contribution in [0, 0.1) is 0 Å². The molecule has 0 amide bonds. The summed E-state index contributed by atoms with van der Waals surface area (Å²) in [4.78, 5) is 9.00. The molecule has 4 nitrogen and oxygen atoms in total. The lowest BCUT2D eigenvalue weighted by molar-refractivity contribution is -0.134. The Morgan fingerprint density at radius 3 is 2.52 bits per heavy atom. The summed E-state index contributed by atoms with van der Waals surface area (Å²) in [5.41, 5.74) is 4.87. The summed E-state index contributed by atoms with van der Waals surface area (Å²) in [5, 5.41) is 11.1. The predicted octanol–water partition coefficient (Wildman–Crippen LogP) is 3.56. The fourth-order valence-corrected chi connectivity index (χ4v) is 3.41. The van der Waals surface area contributed by atoms with E-state index in [2.05, 4.69) is 29.6 Å². The first-order valence-corrected chi connectivity index (χ1v) is 8.36. The molecule has 126 valence electrons. The SMILES string of the molecule is CC(=O)O.COc1ccc(C[C@H]2NCCC3=C2CCCC3)cc1. The number of benzene rings is 1. The Kier molecular flexibility index (Phi) is 6.66. The summed E-state index contributed by atoms with van der Waals surface area (Å²) >= 11 is 0. The molecule has 2 aliphatic rings. The van der Waals surface area contributed by atoms with Gasteiger partial charge in [0.1, 0.15) is 5.75 Å². The van der Waals surface area contributed by atoms with Crippen LogP contribution in [0.4, 0.5) is 0 Å². The van der Waals surface area contributed by atoms with E-state index in [0.717, 1.165) is 25.6 Å². The fourth-order valence-electron chi connectivity index (χ4n) is 3.41. The second kappa shape index (κ2) is 8.73. The third kappa shape index (κ3) is 5.39. The van der Waals surface area contributed by atoms with Crippen molar-refractivity contribution >= 4 is 5.97 Å². The summed E-state index contributed by atoms with van der Waals surface area (Å²) in [7, 11) is 1.72. The standard InChI is InChI=1S/C17H23NO.C2H4O2/c1-19-15-8-6-13(7-9-15)12-17-16-5-3-2-4-14(16)10-11-18-17;1-2(3)4/h6-9,17-18H,2-5,10-12H2,1H3;1H3,(H,3,4)/t17-;/m1./s1. The number of nitrogens with one attached hydrogen (secondary N) is 1. The summed E-state index contributed by atoms with van der Waals surface area (Å²) < 4.78 is 5.22. The van der Waals surface area contributed by atoms with Gasteiger partial charge >= 0.3 is 0 Å². The number of carboxylic acid groups (broad SMARTS) is 1. The lowest BCUT2D eigenvalue weighted by Gasteiger charge is -2.33. The van der Waals surface area contributed by atoms with Crippen molar-refractivity contribution in [1.29, 1.82) is 0 Å². The Morgan fingerprint density at radius 2 is 1.87 bits per heavy atom. The van der Waals surface area contributed by atoms with Crippen LogP contribution in [0.5, 0.6) is 5.75 Å². The number of rotatable bonds is 3. The van der Waals surface area contributed by atoms with E-state index in [1.165, 1.54) is 37.7 Å². The summed E-state index contributed by atoms with van der Waals surface area (Å²) in [6, 6.07) is 9.08. The quantitative estimate of drug-likeness (QED) is 0.837. The van der Waals surface area contributed by atoms with E-state index >= 15 is 0 Å². The third-order valence-corrected chi connectivity index (χ3v) is 4.47. The van der Waals surface area contributed by atoms with Gasteiger partial charge in [0, 0.05) is 13.0 Å².